The Labute approximate surface area is 88.2 Å². The summed E-state index contributed by atoms with van der Waals surface area (Å²) in [6.07, 6.45) is 0.435. The number of ether oxygens (including phenoxy) is 1. The Balaban J connectivity index is 2.85. The molecule has 1 aliphatic heterocycles. The van der Waals surface area contributed by atoms with Crippen molar-refractivity contribution in [2.45, 2.75) is 52.0 Å². The predicted molar refractivity (Wildman–Crippen MR) is 60.3 cm³/mol. The number of rotatable bonds is 2. The van der Waals surface area contributed by atoms with Crippen LogP contribution in [-0.4, -0.2) is 24.0 Å². The summed E-state index contributed by atoms with van der Waals surface area (Å²) >= 11 is 0. The average molecular weight is 217 g/mol. The largest absolute Gasteiger partial charge is 0.370 e. The van der Waals surface area contributed by atoms with Crippen molar-refractivity contribution < 1.29 is 9.30 Å². The first-order valence-electron chi connectivity index (χ1n) is 5.35. The van der Waals surface area contributed by atoms with Crippen LogP contribution in [0.25, 0.3) is 0 Å². The van der Waals surface area contributed by atoms with Crippen LogP contribution in [0.3, 0.4) is 0 Å². The molecule has 0 saturated carbocycles. The van der Waals surface area contributed by atoms with E-state index in [4.69, 9.17) is 4.74 Å². The van der Waals surface area contributed by atoms with Gasteiger partial charge in [-0.3, -0.25) is 0 Å². The Hall–Kier alpha value is 0.0600. The zero-order valence-electron chi connectivity index (χ0n) is 10.1. The van der Waals surface area contributed by atoms with Crippen molar-refractivity contribution in [3.8, 4) is 0 Å². The van der Waals surface area contributed by atoms with Crippen molar-refractivity contribution >= 4 is 7.80 Å². The summed E-state index contributed by atoms with van der Waals surface area (Å²) in [5.74, 6) is 1.06. The maximum Gasteiger partial charge on any atom is 0.343 e. The van der Waals surface area contributed by atoms with Gasteiger partial charge in [-0.25, -0.2) is 0 Å². The van der Waals surface area contributed by atoms with E-state index in [9.17, 15) is 4.57 Å². The molecule has 5 atom stereocenters. The molecule has 0 aromatic heterocycles. The molecule has 0 bridgehead atoms. The van der Waals surface area contributed by atoms with Gasteiger partial charge in [-0.15, -0.1) is 0 Å². The maximum absolute atomic E-state index is 11.7. The molecule has 0 amide bonds. The fourth-order valence-corrected chi connectivity index (χ4v) is 2.83. The van der Waals surface area contributed by atoms with Crippen LogP contribution >= 0.6 is 7.80 Å². The second-order valence-corrected chi connectivity index (χ2v) is 7.28. The molecule has 82 valence electrons. The van der Waals surface area contributed by atoms with Gasteiger partial charge in [0.2, 0.25) is 0 Å². The summed E-state index contributed by atoms with van der Waals surface area (Å²) in [6.45, 7) is 12.4. The van der Waals surface area contributed by atoms with Crippen LogP contribution in [-0.2, 0) is 9.30 Å². The molecular weight excluding hydrogens is 195 g/mol. The summed E-state index contributed by atoms with van der Waals surface area (Å²) in [4.78, 5) is 0. The zero-order chi connectivity index (χ0) is 11.1. The summed E-state index contributed by atoms with van der Waals surface area (Å²) in [5, 5.41) is -0.201. The highest BCUT2D eigenvalue weighted by Gasteiger charge is 2.52. The molecule has 1 saturated heterocycles. The fourth-order valence-electron chi connectivity index (χ4n) is 2.17. The highest BCUT2D eigenvalue weighted by Crippen LogP contribution is 2.47. The molecule has 14 heavy (non-hydrogen) atoms. The summed E-state index contributed by atoms with van der Waals surface area (Å²) in [7, 11) is -1.19. The quantitative estimate of drug-likeness (QED) is 0.663. The topological polar surface area (TPSA) is 26.3 Å². The van der Waals surface area contributed by atoms with Gasteiger partial charge in [-0.2, -0.15) is 0 Å². The lowest BCUT2D eigenvalue weighted by molar-refractivity contribution is 0.0224. The summed E-state index contributed by atoms with van der Waals surface area (Å²) < 4.78 is 17.6. The van der Waals surface area contributed by atoms with Gasteiger partial charge >= 0.3 is 7.80 Å². The smallest absolute Gasteiger partial charge is 0.343 e. The van der Waals surface area contributed by atoms with Gasteiger partial charge in [0.15, 0.2) is 5.16 Å². The summed E-state index contributed by atoms with van der Waals surface area (Å²) in [6, 6.07) is 0. The number of hydrogen-bond acceptors (Lipinski definition) is 2. The third-order valence-electron chi connectivity index (χ3n) is 3.92. The Morgan fingerprint density at radius 1 is 1.14 bits per heavy atom. The minimum Gasteiger partial charge on any atom is -0.370 e. The van der Waals surface area contributed by atoms with Crippen molar-refractivity contribution in [3.05, 3.63) is 0 Å². The Morgan fingerprint density at radius 2 is 1.64 bits per heavy atom. The second-order valence-electron chi connectivity index (χ2n) is 5.13. The van der Waals surface area contributed by atoms with Crippen LogP contribution in [0.4, 0.5) is 0 Å². The molecule has 2 nitrogen and oxygen atoms in total. The van der Waals surface area contributed by atoms with Gasteiger partial charge in [-0.05, 0) is 32.6 Å². The molecule has 0 N–H and O–H groups in total. The van der Waals surface area contributed by atoms with Crippen LogP contribution in [0.1, 0.15) is 34.6 Å². The normalized spacial score (nSPS) is 40.0. The van der Waals surface area contributed by atoms with E-state index < -0.39 is 7.80 Å². The van der Waals surface area contributed by atoms with Crippen LogP contribution in [0, 0.1) is 11.8 Å². The minimum absolute atomic E-state index is 0.140. The monoisotopic (exact) mass is 217 g/mol. The Morgan fingerprint density at radius 3 is 1.93 bits per heavy atom. The van der Waals surface area contributed by atoms with E-state index >= 15 is 0 Å². The predicted octanol–water partition coefficient (Wildman–Crippen LogP) is 3.28. The highest BCUT2D eigenvalue weighted by molar-refractivity contribution is 7.45. The third-order valence-corrected chi connectivity index (χ3v) is 5.79. The van der Waals surface area contributed by atoms with E-state index in [1.807, 2.05) is 0 Å². The molecule has 5 unspecified atom stereocenters. The van der Waals surface area contributed by atoms with Crippen molar-refractivity contribution in [1.82, 2.24) is 0 Å². The number of hydrogen-bond donors (Lipinski definition) is 0. The molecule has 1 rings (SSSR count). The fraction of sp³-hybridized carbons (Fsp3) is 1.00. The van der Waals surface area contributed by atoms with Gasteiger partial charge in [0.05, 0.1) is 6.10 Å². The lowest BCUT2D eigenvalue weighted by Crippen LogP contribution is -2.37. The first-order valence-corrected chi connectivity index (χ1v) is 7.05. The Bertz CT molecular complexity index is 237. The molecule has 3 heteroatoms. The third kappa shape index (κ3) is 1.87. The molecule has 0 spiro atoms. The van der Waals surface area contributed by atoms with E-state index in [-0.39, 0.29) is 11.3 Å². The SMILES string of the molecule is CC1OC(C(C)(C)[P+](C)=O)C(C)C1C. The van der Waals surface area contributed by atoms with E-state index in [1.54, 1.807) is 6.66 Å². The van der Waals surface area contributed by atoms with Crippen LogP contribution in [0.5, 0.6) is 0 Å². The molecule has 1 fully saturated rings. The standard InChI is InChI=1S/C11H22O2P/c1-7-8(2)10(13-9(7)3)11(4,5)14(6)12/h7-10H,1-6H3/q+1. The second kappa shape index (κ2) is 3.90. The van der Waals surface area contributed by atoms with Gasteiger partial charge in [0.25, 0.3) is 0 Å². The summed E-state index contributed by atoms with van der Waals surface area (Å²) in [5.41, 5.74) is 0. The molecule has 1 aliphatic rings. The van der Waals surface area contributed by atoms with Crippen molar-refractivity contribution in [3.63, 3.8) is 0 Å². The molecule has 0 aromatic carbocycles. The van der Waals surface area contributed by atoms with Gasteiger partial charge in [0.1, 0.15) is 12.8 Å². The average Bonchev–Trinajstić information content (AvgIpc) is 2.33. The molecule has 0 radical (unpaired) electrons. The van der Waals surface area contributed by atoms with Crippen molar-refractivity contribution in [2.75, 3.05) is 6.66 Å². The van der Waals surface area contributed by atoms with Gasteiger partial charge in [0, 0.05) is 0 Å². The van der Waals surface area contributed by atoms with Crippen LogP contribution < -0.4 is 0 Å². The van der Waals surface area contributed by atoms with E-state index in [0.29, 0.717) is 17.9 Å². The van der Waals surface area contributed by atoms with Crippen molar-refractivity contribution in [1.29, 1.82) is 0 Å². The van der Waals surface area contributed by atoms with Gasteiger partial charge < -0.3 is 4.74 Å². The first kappa shape index (κ1) is 12.1. The molecule has 0 aliphatic carbocycles. The van der Waals surface area contributed by atoms with E-state index in [2.05, 4.69) is 34.6 Å². The molecule has 0 aromatic rings. The maximum atomic E-state index is 11.7. The lowest BCUT2D eigenvalue weighted by Gasteiger charge is -2.24. The van der Waals surface area contributed by atoms with Crippen LogP contribution in [0.15, 0.2) is 0 Å². The van der Waals surface area contributed by atoms with E-state index in [1.165, 1.54) is 0 Å². The van der Waals surface area contributed by atoms with Gasteiger partial charge in [-0.1, -0.05) is 18.4 Å². The van der Waals surface area contributed by atoms with Crippen LogP contribution in [0.2, 0.25) is 0 Å². The lowest BCUT2D eigenvalue weighted by atomic mass is 9.86. The van der Waals surface area contributed by atoms with E-state index in [0.717, 1.165) is 0 Å². The highest BCUT2D eigenvalue weighted by atomic mass is 31.1. The Kier molecular flexibility index (Phi) is 3.38. The van der Waals surface area contributed by atoms with Crippen molar-refractivity contribution in [2.24, 2.45) is 11.8 Å². The molecule has 1 heterocycles. The minimum atomic E-state index is -1.19. The first-order chi connectivity index (χ1) is 6.28. The molecular formula is C11H22O2P+. The zero-order valence-corrected chi connectivity index (χ0v) is 11.0.